The van der Waals surface area contributed by atoms with Gasteiger partial charge in [-0.05, 0) is 12.1 Å². The van der Waals surface area contributed by atoms with Gasteiger partial charge in [-0.3, -0.25) is 0 Å². The van der Waals surface area contributed by atoms with Crippen molar-refractivity contribution in [2.75, 3.05) is 6.54 Å². The third-order valence-electron chi connectivity index (χ3n) is 2.85. The van der Waals surface area contributed by atoms with Gasteiger partial charge in [0.1, 0.15) is 16.5 Å². The van der Waals surface area contributed by atoms with Gasteiger partial charge in [-0.25, -0.2) is 26.9 Å². The van der Waals surface area contributed by atoms with Gasteiger partial charge < -0.3 is 10.7 Å². The van der Waals surface area contributed by atoms with Crippen molar-refractivity contribution in [3.8, 4) is 0 Å². The van der Waals surface area contributed by atoms with Crippen LogP contribution in [0.5, 0.6) is 0 Å². The fourth-order valence-electron chi connectivity index (χ4n) is 1.79. The fraction of sp³-hybridized carbons (Fsp3) is 0.250. The van der Waals surface area contributed by atoms with Gasteiger partial charge in [-0.2, -0.15) is 0 Å². The van der Waals surface area contributed by atoms with Crippen LogP contribution in [0.15, 0.2) is 29.4 Å². The molecule has 2 aromatic rings. The van der Waals surface area contributed by atoms with E-state index in [1.54, 1.807) is 6.20 Å². The van der Waals surface area contributed by atoms with Crippen LogP contribution < -0.4 is 10.5 Å². The maximum absolute atomic E-state index is 14.0. The standard InChI is InChI=1S/C12H14F2N4O2S/c13-9-1-2-10(12(14)8(9)7-15)21(19,20)18-4-3-11-16-5-6-17-11/h1-2,5-6,18H,3-4,7,15H2,(H,16,17). The zero-order valence-electron chi connectivity index (χ0n) is 10.9. The zero-order valence-corrected chi connectivity index (χ0v) is 11.8. The Balaban J connectivity index is 2.16. The van der Waals surface area contributed by atoms with Gasteiger partial charge in [0.15, 0.2) is 5.82 Å². The van der Waals surface area contributed by atoms with E-state index in [-0.39, 0.29) is 6.54 Å². The molecule has 0 amide bonds. The number of nitrogens with two attached hydrogens (primary N) is 1. The number of hydrogen-bond donors (Lipinski definition) is 3. The van der Waals surface area contributed by atoms with Crippen LogP contribution in [0, 0.1) is 11.6 Å². The lowest BCUT2D eigenvalue weighted by Crippen LogP contribution is -2.27. The van der Waals surface area contributed by atoms with Crippen LogP contribution in [0.25, 0.3) is 0 Å². The van der Waals surface area contributed by atoms with E-state index in [4.69, 9.17) is 5.73 Å². The van der Waals surface area contributed by atoms with E-state index in [9.17, 15) is 17.2 Å². The minimum atomic E-state index is -4.08. The van der Waals surface area contributed by atoms with E-state index < -0.39 is 38.7 Å². The van der Waals surface area contributed by atoms with E-state index in [1.165, 1.54) is 6.20 Å². The summed E-state index contributed by atoms with van der Waals surface area (Å²) in [6, 6.07) is 1.76. The molecule has 0 bridgehead atoms. The molecule has 2 rings (SSSR count). The highest BCUT2D eigenvalue weighted by atomic mass is 32.2. The second kappa shape index (κ2) is 6.29. The van der Waals surface area contributed by atoms with Crippen LogP contribution in [-0.2, 0) is 23.0 Å². The molecule has 4 N–H and O–H groups in total. The monoisotopic (exact) mass is 316 g/mol. The molecule has 0 unspecified atom stereocenters. The fourth-order valence-corrected chi connectivity index (χ4v) is 2.92. The molecule has 0 aliphatic carbocycles. The maximum atomic E-state index is 14.0. The lowest BCUT2D eigenvalue weighted by Gasteiger charge is -2.10. The van der Waals surface area contributed by atoms with E-state index in [2.05, 4.69) is 14.7 Å². The number of halogens is 2. The molecule has 0 aliphatic rings. The van der Waals surface area contributed by atoms with Crippen molar-refractivity contribution >= 4 is 10.0 Å². The largest absolute Gasteiger partial charge is 0.349 e. The maximum Gasteiger partial charge on any atom is 0.243 e. The number of benzene rings is 1. The Bertz CT molecular complexity index is 717. The Kier molecular flexibility index (Phi) is 4.66. The summed E-state index contributed by atoms with van der Waals surface area (Å²) < 4.78 is 53.5. The highest BCUT2D eigenvalue weighted by Gasteiger charge is 2.22. The minimum absolute atomic E-state index is 0.0324. The van der Waals surface area contributed by atoms with Gasteiger partial charge in [0.05, 0.1) is 0 Å². The van der Waals surface area contributed by atoms with Crippen LogP contribution in [0.2, 0.25) is 0 Å². The number of aromatic amines is 1. The van der Waals surface area contributed by atoms with Crippen molar-refractivity contribution in [3.63, 3.8) is 0 Å². The second-order valence-electron chi connectivity index (χ2n) is 4.23. The Morgan fingerprint density at radius 3 is 2.71 bits per heavy atom. The van der Waals surface area contributed by atoms with Crippen LogP contribution in [0.3, 0.4) is 0 Å². The molecule has 1 aromatic carbocycles. The summed E-state index contributed by atoms with van der Waals surface area (Å²) in [5, 5.41) is 0. The minimum Gasteiger partial charge on any atom is -0.349 e. The number of aromatic nitrogens is 2. The van der Waals surface area contributed by atoms with Gasteiger partial charge in [0.25, 0.3) is 0 Å². The first-order chi connectivity index (χ1) is 9.95. The van der Waals surface area contributed by atoms with Gasteiger partial charge in [-0.15, -0.1) is 0 Å². The lowest BCUT2D eigenvalue weighted by molar-refractivity contribution is 0.525. The molecule has 9 heteroatoms. The summed E-state index contributed by atoms with van der Waals surface area (Å²) in [7, 11) is -4.08. The molecule has 0 saturated heterocycles. The average Bonchev–Trinajstić information content (AvgIpc) is 2.92. The number of rotatable bonds is 6. The van der Waals surface area contributed by atoms with Crippen LogP contribution >= 0.6 is 0 Å². The van der Waals surface area contributed by atoms with Crippen LogP contribution in [0.1, 0.15) is 11.4 Å². The number of nitrogens with zero attached hydrogens (tertiary/aromatic N) is 1. The van der Waals surface area contributed by atoms with Gasteiger partial charge in [0.2, 0.25) is 10.0 Å². The first kappa shape index (κ1) is 15.5. The van der Waals surface area contributed by atoms with E-state index in [1.807, 2.05) is 0 Å². The van der Waals surface area contributed by atoms with Gasteiger partial charge in [-0.1, -0.05) is 0 Å². The third-order valence-corrected chi connectivity index (χ3v) is 4.33. The summed E-state index contributed by atoms with van der Waals surface area (Å²) >= 11 is 0. The van der Waals surface area contributed by atoms with E-state index >= 15 is 0 Å². The first-order valence-corrected chi connectivity index (χ1v) is 7.59. The normalized spacial score (nSPS) is 11.8. The van der Waals surface area contributed by atoms with Crippen molar-refractivity contribution < 1.29 is 17.2 Å². The number of sulfonamides is 1. The topological polar surface area (TPSA) is 101 Å². The van der Waals surface area contributed by atoms with Gasteiger partial charge in [0, 0.05) is 37.5 Å². The highest BCUT2D eigenvalue weighted by molar-refractivity contribution is 7.89. The Morgan fingerprint density at radius 2 is 2.10 bits per heavy atom. The predicted molar refractivity (Wildman–Crippen MR) is 71.7 cm³/mol. The van der Waals surface area contributed by atoms with E-state index in [0.717, 1.165) is 12.1 Å². The summed E-state index contributed by atoms with van der Waals surface area (Å²) in [5.41, 5.74) is 4.77. The van der Waals surface area contributed by atoms with Crippen molar-refractivity contribution in [2.24, 2.45) is 5.73 Å². The first-order valence-electron chi connectivity index (χ1n) is 6.10. The predicted octanol–water partition coefficient (Wildman–Crippen LogP) is 0.668. The molecule has 1 aromatic heterocycles. The van der Waals surface area contributed by atoms with Crippen molar-refractivity contribution in [2.45, 2.75) is 17.9 Å². The summed E-state index contributed by atoms with van der Waals surface area (Å²) in [4.78, 5) is 6.13. The average molecular weight is 316 g/mol. The summed E-state index contributed by atoms with van der Waals surface area (Å²) in [6.07, 6.45) is 3.47. The molecular weight excluding hydrogens is 302 g/mol. The molecule has 114 valence electrons. The second-order valence-corrected chi connectivity index (χ2v) is 5.96. The molecule has 21 heavy (non-hydrogen) atoms. The lowest BCUT2D eigenvalue weighted by atomic mass is 10.2. The zero-order chi connectivity index (χ0) is 15.5. The Labute approximate surface area is 120 Å². The molecule has 1 heterocycles. The molecule has 0 atom stereocenters. The quantitative estimate of drug-likeness (QED) is 0.729. The van der Waals surface area contributed by atoms with Crippen molar-refractivity contribution in [3.05, 3.63) is 47.5 Å². The van der Waals surface area contributed by atoms with E-state index in [0.29, 0.717) is 12.2 Å². The third kappa shape index (κ3) is 3.43. The number of imidazole rings is 1. The number of nitrogens with one attached hydrogen (secondary N) is 2. The molecule has 6 nitrogen and oxygen atoms in total. The molecular formula is C12H14F2N4O2S. The van der Waals surface area contributed by atoms with Crippen LogP contribution in [-0.4, -0.2) is 24.9 Å². The Morgan fingerprint density at radius 1 is 1.33 bits per heavy atom. The molecule has 0 radical (unpaired) electrons. The van der Waals surface area contributed by atoms with Crippen LogP contribution in [0.4, 0.5) is 8.78 Å². The summed E-state index contributed by atoms with van der Waals surface area (Å²) in [5.74, 6) is -1.44. The Hall–Kier alpha value is -1.84. The summed E-state index contributed by atoms with van der Waals surface area (Å²) in [6.45, 7) is -0.391. The van der Waals surface area contributed by atoms with Crippen molar-refractivity contribution in [1.29, 1.82) is 0 Å². The molecule has 0 aliphatic heterocycles. The number of H-pyrrole nitrogens is 1. The smallest absolute Gasteiger partial charge is 0.243 e. The SMILES string of the molecule is NCc1c(F)ccc(S(=O)(=O)NCCc2ncc[nH]2)c1F. The van der Waals surface area contributed by atoms with Gasteiger partial charge >= 0.3 is 0 Å². The van der Waals surface area contributed by atoms with Crippen molar-refractivity contribution in [1.82, 2.24) is 14.7 Å². The molecule has 0 spiro atoms. The highest BCUT2D eigenvalue weighted by Crippen LogP contribution is 2.20. The molecule has 0 saturated carbocycles. The number of hydrogen-bond acceptors (Lipinski definition) is 4. The molecule has 0 fully saturated rings.